The van der Waals surface area contributed by atoms with Crippen LogP contribution in [0.3, 0.4) is 0 Å². The number of hydrogen-bond donors (Lipinski definition) is 0. The Kier molecular flexibility index (Phi) is 1.12. The van der Waals surface area contributed by atoms with E-state index in [2.05, 4.69) is 0 Å². The van der Waals surface area contributed by atoms with Crippen molar-refractivity contribution in [2.45, 2.75) is 57.8 Å². The van der Waals surface area contributed by atoms with Crippen molar-refractivity contribution in [3.63, 3.8) is 0 Å². The van der Waals surface area contributed by atoms with Gasteiger partial charge in [-0.3, -0.25) is 0 Å². The molecule has 0 saturated heterocycles. The van der Waals surface area contributed by atoms with Crippen LogP contribution in [0.15, 0.2) is 0 Å². The molecule has 13 heavy (non-hydrogen) atoms. The van der Waals surface area contributed by atoms with Crippen molar-refractivity contribution in [3.8, 4) is 0 Å². The van der Waals surface area contributed by atoms with Crippen molar-refractivity contribution in [3.05, 3.63) is 0 Å². The first-order valence-electron chi connectivity index (χ1n) is 6.37. The Morgan fingerprint density at radius 2 is 1.31 bits per heavy atom. The molecule has 4 fully saturated rings. The lowest BCUT2D eigenvalue weighted by molar-refractivity contribution is 0.261. The van der Waals surface area contributed by atoms with Crippen LogP contribution in [-0.2, 0) is 0 Å². The zero-order chi connectivity index (χ0) is 8.52. The maximum atomic E-state index is 1.66. The van der Waals surface area contributed by atoms with E-state index in [1.165, 1.54) is 11.8 Å². The molecule has 0 aromatic heterocycles. The van der Waals surface area contributed by atoms with Crippen LogP contribution in [0.2, 0.25) is 0 Å². The van der Waals surface area contributed by atoms with Crippen LogP contribution in [0, 0.1) is 22.7 Å². The van der Waals surface area contributed by atoms with Gasteiger partial charge in [0, 0.05) is 0 Å². The molecule has 4 saturated carbocycles. The first-order chi connectivity index (χ1) is 6.37. The zero-order valence-electron chi connectivity index (χ0n) is 8.52. The summed E-state index contributed by atoms with van der Waals surface area (Å²) in [5.74, 6) is 2.41. The minimum atomic E-state index is 0.926. The van der Waals surface area contributed by atoms with E-state index < -0.39 is 0 Å². The van der Waals surface area contributed by atoms with Crippen molar-refractivity contribution in [2.24, 2.45) is 22.7 Å². The molecule has 72 valence electrons. The van der Waals surface area contributed by atoms with Gasteiger partial charge in [0.15, 0.2) is 0 Å². The van der Waals surface area contributed by atoms with Gasteiger partial charge in [0.25, 0.3) is 0 Å². The molecule has 4 aliphatic rings. The molecule has 0 N–H and O–H groups in total. The van der Waals surface area contributed by atoms with E-state index >= 15 is 0 Å². The van der Waals surface area contributed by atoms with Crippen molar-refractivity contribution < 1.29 is 0 Å². The SMILES string of the molecule is C1CCC2(C1)CC2(C1CC1)C1CC1. The molecule has 0 unspecified atom stereocenters. The van der Waals surface area contributed by atoms with Gasteiger partial charge in [-0.1, -0.05) is 12.8 Å². The molecule has 0 heterocycles. The summed E-state index contributed by atoms with van der Waals surface area (Å²) in [4.78, 5) is 0. The van der Waals surface area contributed by atoms with Crippen molar-refractivity contribution in [1.29, 1.82) is 0 Å². The molecule has 4 aliphatic carbocycles. The fourth-order valence-corrected chi connectivity index (χ4v) is 4.89. The fraction of sp³-hybridized carbons (Fsp3) is 1.00. The summed E-state index contributed by atoms with van der Waals surface area (Å²) in [5.41, 5.74) is 1.87. The lowest BCUT2D eigenvalue weighted by Crippen LogP contribution is -2.16. The summed E-state index contributed by atoms with van der Waals surface area (Å²) >= 11 is 0. The summed E-state index contributed by atoms with van der Waals surface area (Å²) in [7, 11) is 0. The normalized spacial score (nSPS) is 39.7. The van der Waals surface area contributed by atoms with Gasteiger partial charge in [0.2, 0.25) is 0 Å². The summed E-state index contributed by atoms with van der Waals surface area (Å²) in [6, 6.07) is 0. The molecule has 0 aromatic rings. The topological polar surface area (TPSA) is 0 Å². The predicted molar refractivity (Wildman–Crippen MR) is 53.4 cm³/mol. The Morgan fingerprint density at radius 3 is 1.77 bits per heavy atom. The standard InChI is InChI=1S/C13H20/c1-2-8-12(7-1)9-13(12,10-3-4-10)11-5-6-11/h10-11H,1-9H2. The average molecular weight is 176 g/mol. The van der Waals surface area contributed by atoms with E-state index in [-0.39, 0.29) is 0 Å². The van der Waals surface area contributed by atoms with Gasteiger partial charge in [0.1, 0.15) is 0 Å². The number of rotatable bonds is 2. The molecule has 0 bridgehead atoms. The minimum Gasteiger partial charge on any atom is -0.0527 e. The second-order valence-electron chi connectivity index (χ2n) is 6.25. The second kappa shape index (κ2) is 1.99. The third-order valence-electron chi connectivity index (χ3n) is 5.67. The second-order valence-corrected chi connectivity index (χ2v) is 6.25. The molecule has 0 nitrogen and oxygen atoms in total. The average Bonchev–Trinajstić information content (AvgIpc) is 2.88. The summed E-state index contributed by atoms with van der Waals surface area (Å²) < 4.78 is 0. The molecule has 0 amide bonds. The molecule has 4 rings (SSSR count). The van der Waals surface area contributed by atoms with Crippen LogP contribution in [0.1, 0.15) is 57.8 Å². The van der Waals surface area contributed by atoms with Gasteiger partial charge in [-0.05, 0) is 67.6 Å². The quantitative estimate of drug-likeness (QED) is 0.601. The van der Waals surface area contributed by atoms with E-state index in [9.17, 15) is 0 Å². The smallest absolute Gasteiger partial charge is 0.0179 e. The number of hydrogen-bond acceptors (Lipinski definition) is 0. The largest absolute Gasteiger partial charge is 0.0527 e. The maximum Gasteiger partial charge on any atom is -0.0179 e. The molecule has 0 radical (unpaired) electrons. The van der Waals surface area contributed by atoms with Crippen LogP contribution in [0.4, 0.5) is 0 Å². The van der Waals surface area contributed by atoms with Crippen LogP contribution >= 0.6 is 0 Å². The first kappa shape index (κ1) is 7.31. The van der Waals surface area contributed by atoms with E-state index in [0.717, 1.165) is 10.8 Å². The van der Waals surface area contributed by atoms with Crippen LogP contribution in [0.25, 0.3) is 0 Å². The molecular weight excluding hydrogens is 156 g/mol. The third kappa shape index (κ3) is 0.750. The lowest BCUT2D eigenvalue weighted by Gasteiger charge is -2.21. The lowest BCUT2D eigenvalue weighted by atomic mass is 9.83. The van der Waals surface area contributed by atoms with E-state index in [4.69, 9.17) is 0 Å². The summed E-state index contributed by atoms with van der Waals surface area (Å²) in [6.07, 6.45) is 14.4. The molecular formula is C13H20. The van der Waals surface area contributed by atoms with Crippen molar-refractivity contribution in [2.75, 3.05) is 0 Å². The monoisotopic (exact) mass is 176 g/mol. The van der Waals surface area contributed by atoms with E-state index in [1.807, 2.05) is 0 Å². The fourth-order valence-electron chi connectivity index (χ4n) is 4.89. The zero-order valence-corrected chi connectivity index (χ0v) is 8.52. The highest BCUT2D eigenvalue weighted by atomic mass is 14.8. The molecule has 0 aromatic carbocycles. The highest BCUT2D eigenvalue weighted by Crippen LogP contribution is 2.84. The maximum absolute atomic E-state index is 1.66. The Balaban J connectivity index is 1.68. The van der Waals surface area contributed by atoms with Gasteiger partial charge in [-0.15, -0.1) is 0 Å². The van der Waals surface area contributed by atoms with Gasteiger partial charge < -0.3 is 0 Å². The summed E-state index contributed by atoms with van der Waals surface area (Å²) in [5, 5.41) is 0. The van der Waals surface area contributed by atoms with Gasteiger partial charge >= 0.3 is 0 Å². The third-order valence-corrected chi connectivity index (χ3v) is 5.67. The molecule has 0 aliphatic heterocycles. The van der Waals surface area contributed by atoms with Crippen LogP contribution in [0.5, 0.6) is 0 Å². The van der Waals surface area contributed by atoms with Gasteiger partial charge in [-0.25, -0.2) is 0 Å². The van der Waals surface area contributed by atoms with Crippen molar-refractivity contribution >= 4 is 0 Å². The molecule has 0 heteroatoms. The molecule has 1 spiro atoms. The predicted octanol–water partition coefficient (Wildman–Crippen LogP) is 3.76. The van der Waals surface area contributed by atoms with Crippen LogP contribution < -0.4 is 0 Å². The minimum absolute atomic E-state index is 0.926. The first-order valence-corrected chi connectivity index (χ1v) is 6.37. The summed E-state index contributed by atoms with van der Waals surface area (Å²) in [6.45, 7) is 0. The van der Waals surface area contributed by atoms with E-state index in [1.54, 1.807) is 57.8 Å². The van der Waals surface area contributed by atoms with E-state index in [0.29, 0.717) is 0 Å². The van der Waals surface area contributed by atoms with Gasteiger partial charge in [-0.2, -0.15) is 0 Å². The van der Waals surface area contributed by atoms with Crippen molar-refractivity contribution in [1.82, 2.24) is 0 Å². The highest BCUT2D eigenvalue weighted by Gasteiger charge is 2.76. The Hall–Kier alpha value is 0. The van der Waals surface area contributed by atoms with Gasteiger partial charge in [0.05, 0.1) is 0 Å². The molecule has 0 atom stereocenters. The Labute approximate surface area is 81.1 Å². The van der Waals surface area contributed by atoms with Crippen LogP contribution in [-0.4, -0.2) is 0 Å². The Bertz CT molecular complexity index is 227. The highest BCUT2D eigenvalue weighted by molar-refractivity contribution is 5.25. The Morgan fingerprint density at radius 1 is 0.769 bits per heavy atom.